The third kappa shape index (κ3) is 1.81. The van der Waals surface area contributed by atoms with E-state index in [0.29, 0.717) is 6.42 Å². The molecule has 0 saturated carbocycles. The van der Waals surface area contributed by atoms with Gasteiger partial charge in [-0.05, 0) is 0 Å². The maximum Gasteiger partial charge on any atom is 0.329 e. The lowest BCUT2D eigenvalue weighted by atomic mass is 10.1. The fraction of sp³-hybridized carbons (Fsp3) is 0.500. The van der Waals surface area contributed by atoms with Crippen molar-refractivity contribution < 1.29 is 14.3 Å². The van der Waals surface area contributed by atoms with Gasteiger partial charge in [-0.2, -0.15) is 0 Å². The summed E-state index contributed by atoms with van der Waals surface area (Å²) in [5, 5.41) is 0. The van der Waals surface area contributed by atoms with Crippen LogP contribution in [0.1, 0.15) is 19.8 Å². The minimum atomic E-state index is -0.512. The lowest BCUT2D eigenvalue weighted by molar-refractivity contribution is -0.152. The highest BCUT2D eigenvalue weighted by Crippen LogP contribution is 2.14. The summed E-state index contributed by atoms with van der Waals surface area (Å²) in [6, 6.07) is 0. The maximum atomic E-state index is 10.7. The Balaban J connectivity index is 2.60. The van der Waals surface area contributed by atoms with Crippen LogP contribution in [0.15, 0.2) is 0 Å². The maximum absolute atomic E-state index is 10.7. The SMILES string of the molecule is CCC#CC1CC(=O)OC1=O. The Hall–Kier alpha value is -1.30. The Kier molecular flexibility index (Phi) is 2.27. The molecule has 3 heteroatoms. The van der Waals surface area contributed by atoms with Gasteiger partial charge in [-0.15, -0.1) is 5.92 Å². The molecule has 0 aliphatic carbocycles. The van der Waals surface area contributed by atoms with Gasteiger partial charge in [0.25, 0.3) is 0 Å². The predicted molar refractivity (Wildman–Crippen MR) is 37.3 cm³/mol. The van der Waals surface area contributed by atoms with Gasteiger partial charge in [0.15, 0.2) is 0 Å². The molecule has 0 amide bonds. The molecule has 0 radical (unpaired) electrons. The van der Waals surface area contributed by atoms with Crippen molar-refractivity contribution in [3.63, 3.8) is 0 Å². The third-order valence-electron chi connectivity index (χ3n) is 1.32. The van der Waals surface area contributed by atoms with Gasteiger partial charge in [0.2, 0.25) is 0 Å². The van der Waals surface area contributed by atoms with E-state index in [9.17, 15) is 9.59 Å². The molecule has 1 fully saturated rings. The molecular formula is C8H8O3. The number of cyclic esters (lactones) is 2. The van der Waals surface area contributed by atoms with Crippen LogP contribution in [0.4, 0.5) is 0 Å². The van der Waals surface area contributed by atoms with E-state index in [1.54, 1.807) is 0 Å². The monoisotopic (exact) mass is 152 g/mol. The van der Waals surface area contributed by atoms with Crippen molar-refractivity contribution in [3.8, 4) is 11.8 Å². The first-order chi connectivity index (χ1) is 5.24. The van der Waals surface area contributed by atoms with Gasteiger partial charge in [-0.3, -0.25) is 9.59 Å². The van der Waals surface area contributed by atoms with E-state index in [0.717, 1.165) is 0 Å². The predicted octanol–water partition coefficient (Wildman–Crippen LogP) is 0.489. The van der Waals surface area contributed by atoms with Gasteiger partial charge in [0.05, 0.1) is 6.42 Å². The Labute approximate surface area is 64.7 Å². The molecule has 1 aliphatic rings. The second kappa shape index (κ2) is 3.20. The molecule has 0 bridgehead atoms. The molecule has 1 aliphatic heterocycles. The van der Waals surface area contributed by atoms with Crippen molar-refractivity contribution in [2.75, 3.05) is 0 Å². The number of hydrogen-bond acceptors (Lipinski definition) is 3. The van der Waals surface area contributed by atoms with E-state index in [-0.39, 0.29) is 6.42 Å². The van der Waals surface area contributed by atoms with Crippen LogP contribution in [0.25, 0.3) is 0 Å². The Morgan fingerprint density at radius 3 is 2.82 bits per heavy atom. The van der Waals surface area contributed by atoms with Crippen LogP contribution >= 0.6 is 0 Å². The van der Waals surface area contributed by atoms with Crippen molar-refractivity contribution in [2.45, 2.75) is 19.8 Å². The van der Waals surface area contributed by atoms with E-state index < -0.39 is 17.9 Å². The van der Waals surface area contributed by atoms with E-state index in [2.05, 4.69) is 16.6 Å². The topological polar surface area (TPSA) is 43.4 Å². The fourth-order valence-electron chi connectivity index (χ4n) is 0.810. The average molecular weight is 152 g/mol. The van der Waals surface area contributed by atoms with Crippen LogP contribution in [0.3, 0.4) is 0 Å². The second-order valence-corrected chi connectivity index (χ2v) is 2.22. The molecular weight excluding hydrogens is 144 g/mol. The number of esters is 2. The minimum absolute atomic E-state index is 0.117. The van der Waals surface area contributed by atoms with Crippen LogP contribution in [-0.2, 0) is 14.3 Å². The summed E-state index contributed by atoms with van der Waals surface area (Å²) in [6.45, 7) is 1.88. The van der Waals surface area contributed by atoms with Gasteiger partial charge in [0, 0.05) is 6.42 Å². The average Bonchev–Trinajstić information content (AvgIpc) is 2.26. The Bertz CT molecular complexity index is 244. The first kappa shape index (κ1) is 7.80. The molecule has 0 aromatic rings. The molecule has 0 N–H and O–H groups in total. The molecule has 1 rings (SSSR count). The van der Waals surface area contributed by atoms with Crippen molar-refractivity contribution in [1.29, 1.82) is 0 Å². The fourth-order valence-corrected chi connectivity index (χ4v) is 0.810. The molecule has 1 saturated heterocycles. The molecule has 3 nitrogen and oxygen atoms in total. The highest BCUT2D eigenvalue weighted by Gasteiger charge is 2.31. The van der Waals surface area contributed by atoms with Crippen LogP contribution in [-0.4, -0.2) is 11.9 Å². The molecule has 58 valence electrons. The first-order valence-corrected chi connectivity index (χ1v) is 3.47. The van der Waals surface area contributed by atoms with Gasteiger partial charge in [-0.25, -0.2) is 0 Å². The number of ether oxygens (including phenoxy) is 1. The highest BCUT2D eigenvalue weighted by atomic mass is 16.6. The summed E-state index contributed by atoms with van der Waals surface area (Å²) in [5.41, 5.74) is 0. The van der Waals surface area contributed by atoms with Crippen molar-refractivity contribution in [1.82, 2.24) is 0 Å². The van der Waals surface area contributed by atoms with Gasteiger partial charge < -0.3 is 4.74 Å². The Morgan fingerprint density at radius 1 is 1.64 bits per heavy atom. The zero-order valence-corrected chi connectivity index (χ0v) is 6.22. The van der Waals surface area contributed by atoms with Crippen molar-refractivity contribution >= 4 is 11.9 Å². The zero-order chi connectivity index (χ0) is 8.27. The van der Waals surface area contributed by atoms with E-state index in [4.69, 9.17) is 0 Å². The first-order valence-electron chi connectivity index (χ1n) is 3.47. The zero-order valence-electron chi connectivity index (χ0n) is 6.22. The summed E-state index contributed by atoms with van der Waals surface area (Å²) in [7, 11) is 0. The largest absolute Gasteiger partial charge is 0.392 e. The van der Waals surface area contributed by atoms with Gasteiger partial charge in [0.1, 0.15) is 5.92 Å². The summed E-state index contributed by atoms with van der Waals surface area (Å²) >= 11 is 0. The van der Waals surface area contributed by atoms with Gasteiger partial charge >= 0.3 is 11.9 Å². The smallest absolute Gasteiger partial charge is 0.329 e. The lowest BCUT2D eigenvalue weighted by Gasteiger charge is -1.88. The number of carbonyl (C=O) groups excluding carboxylic acids is 2. The summed E-state index contributed by atoms with van der Waals surface area (Å²) < 4.78 is 4.29. The molecule has 1 unspecified atom stereocenters. The molecule has 11 heavy (non-hydrogen) atoms. The quantitative estimate of drug-likeness (QED) is 0.288. The number of rotatable bonds is 0. The molecule has 0 aromatic carbocycles. The van der Waals surface area contributed by atoms with Crippen LogP contribution in [0.5, 0.6) is 0 Å². The van der Waals surface area contributed by atoms with Crippen molar-refractivity contribution in [2.24, 2.45) is 5.92 Å². The van der Waals surface area contributed by atoms with Gasteiger partial charge in [-0.1, -0.05) is 12.8 Å². The molecule has 0 aromatic heterocycles. The van der Waals surface area contributed by atoms with E-state index in [1.807, 2.05) is 6.92 Å². The Morgan fingerprint density at radius 2 is 2.36 bits per heavy atom. The number of hydrogen-bond donors (Lipinski definition) is 0. The molecule has 1 atom stereocenters. The van der Waals surface area contributed by atoms with Crippen molar-refractivity contribution in [3.05, 3.63) is 0 Å². The lowest BCUT2D eigenvalue weighted by Crippen LogP contribution is -2.04. The van der Waals surface area contributed by atoms with E-state index in [1.165, 1.54) is 0 Å². The van der Waals surface area contributed by atoms with E-state index >= 15 is 0 Å². The third-order valence-corrected chi connectivity index (χ3v) is 1.32. The number of carbonyl (C=O) groups is 2. The second-order valence-electron chi connectivity index (χ2n) is 2.22. The normalized spacial score (nSPS) is 22.5. The van der Waals surface area contributed by atoms with Crippen LogP contribution < -0.4 is 0 Å². The molecule has 1 heterocycles. The summed E-state index contributed by atoms with van der Waals surface area (Å²) in [6.07, 6.45) is 0.809. The summed E-state index contributed by atoms with van der Waals surface area (Å²) in [5.74, 6) is 3.92. The molecule has 0 spiro atoms. The van der Waals surface area contributed by atoms with Crippen LogP contribution in [0.2, 0.25) is 0 Å². The minimum Gasteiger partial charge on any atom is -0.392 e. The van der Waals surface area contributed by atoms with Crippen LogP contribution in [0, 0.1) is 17.8 Å². The highest BCUT2D eigenvalue weighted by molar-refractivity contribution is 5.96. The standard InChI is InChI=1S/C8H8O3/c1-2-3-4-6-5-7(9)11-8(6)10/h6H,2,5H2,1H3. The summed E-state index contributed by atoms with van der Waals surface area (Å²) in [4.78, 5) is 21.3.